The highest BCUT2D eigenvalue weighted by Gasteiger charge is 2.20. The molecular weight excluding hydrogens is 380 g/mol. The van der Waals surface area contributed by atoms with E-state index in [1.54, 1.807) is 18.7 Å². The third-order valence-electron chi connectivity index (χ3n) is 3.26. The number of nitrogens with one attached hydrogen (secondary N) is 2. The van der Waals surface area contributed by atoms with Crippen LogP contribution < -0.4 is 10.0 Å². The van der Waals surface area contributed by atoms with Crippen molar-refractivity contribution in [1.29, 1.82) is 0 Å². The van der Waals surface area contributed by atoms with E-state index in [-0.39, 0.29) is 21.8 Å². The summed E-state index contributed by atoms with van der Waals surface area (Å²) >= 11 is 2.49. The lowest BCUT2D eigenvalue weighted by molar-refractivity contribution is -0.115. The zero-order valence-corrected chi connectivity index (χ0v) is 16.4. The first kappa shape index (κ1) is 19.8. The number of carbonyl (C=O) groups excluding carboxylic acids is 1. The van der Waals surface area contributed by atoms with E-state index in [0.29, 0.717) is 12.3 Å². The van der Waals surface area contributed by atoms with Crippen molar-refractivity contribution in [3.63, 3.8) is 0 Å². The highest BCUT2D eigenvalue weighted by molar-refractivity contribution is 7.98. The molecule has 2 aromatic rings. The van der Waals surface area contributed by atoms with E-state index in [2.05, 4.69) is 39.3 Å². The molecule has 2 N–H and O–H groups in total. The summed E-state index contributed by atoms with van der Waals surface area (Å²) in [5.41, 5.74) is 2.47. The first-order chi connectivity index (χ1) is 11.9. The lowest BCUT2D eigenvalue weighted by atomic mass is 10.1. The second-order valence-electron chi connectivity index (χ2n) is 5.15. The van der Waals surface area contributed by atoms with Crippen molar-refractivity contribution in [3.8, 4) is 0 Å². The zero-order valence-electron chi connectivity index (χ0n) is 14.0. The van der Waals surface area contributed by atoms with Crippen LogP contribution in [0.3, 0.4) is 0 Å². The van der Waals surface area contributed by atoms with Gasteiger partial charge in [-0.1, -0.05) is 42.5 Å². The summed E-state index contributed by atoms with van der Waals surface area (Å²) in [6.07, 6.45) is 0.290. The van der Waals surface area contributed by atoms with Gasteiger partial charge in [0.2, 0.25) is 15.4 Å². The molecule has 1 heterocycles. The van der Waals surface area contributed by atoms with E-state index in [1.807, 2.05) is 12.1 Å². The zero-order chi connectivity index (χ0) is 18.3. The monoisotopic (exact) mass is 400 g/mol. The molecule has 0 aliphatic rings. The van der Waals surface area contributed by atoms with Gasteiger partial charge >= 0.3 is 0 Å². The van der Waals surface area contributed by atoms with Crippen LogP contribution >= 0.6 is 23.1 Å². The average Bonchev–Trinajstić information content (AvgIpc) is 3.05. The molecule has 0 unspecified atom stereocenters. The van der Waals surface area contributed by atoms with E-state index in [0.717, 1.165) is 17.1 Å². The van der Waals surface area contributed by atoms with Crippen molar-refractivity contribution in [2.75, 3.05) is 17.6 Å². The van der Waals surface area contributed by atoms with E-state index < -0.39 is 10.0 Å². The maximum Gasteiger partial charge on any atom is 0.269 e. The first-order valence-electron chi connectivity index (χ1n) is 7.67. The Labute approximate surface area is 155 Å². The number of sulfonamides is 1. The van der Waals surface area contributed by atoms with E-state index >= 15 is 0 Å². The molecule has 0 spiro atoms. The van der Waals surface area contributed by atoms with E-state index in [1.165, 1.54) is 11.1 Å². The molecule has 136 valence electrons. The minimum Gasteiger partial charge on any atom is -0.301 e. The van der Waals surface area contributed by atoms with Crippen molar-refractivity contribution in [2.24, 2.45) is 0 Å². The van der Waals surface area contributed by atoms with Gasteiger partial charge in [0.15, 0.2) is 0 Å². The van der Waals surface area contributed by atoms with Gasteiger partial charge in [-0.25, -0.2) is 13.1 Å². The van der Waals surface area contributed by atoms with E-state index in [4.69, 9.17) is 0 Å². The maximum atomic E-state index is 12.2. The van der Waals surface area contributed by atoms with Crippen LogP contribution in [0.5, 0.6) is 0 Å². The molecule has 0 radical (unpaired) electrons. The number of carbonyl (C=O) groups is 1. The fourth-order valence-electron chi connectivity index (χ4n) is 1.84. The summed E-state index contributed by atoms with van der Waals surface area (Å²) in [6.45, 7) is 4.06. The Morgan fingerprint density at radius 3 is 2.76 bits per heavy atom. The number of aryl methyl sites for hydroxylation is 1. The van der Waals surface area contributed by atoms with Crippen molar-refractivity contribution in [3.05, 3.63) is 35.4 Å². The van der Waals surface area contributed by atoms with Gasteiger partial charge in [-0.3, -0.25) is 4.79 Å². The van der Waals surface area contributed by atoms with Crippen molar-refractivity contribution >= 4 is 44.2 Å². The van der Waals surface area contributed by atoms with Gasteiger partial charge in [0.1, 0.15) is 0 Å². The Hall–Kier alpha value is -1.49. The van der Waals surface area contributed by atoms with Crippen LogP contribution in [0.15, 0.2) is 28.6 Å². The number of hydrogen-bond acceptors (Lipinski definition) is 7. The van der Waals surface area contributed by atoms with Crippen LogP contribution in [0.4, 0.5) is 5.13 Å². The molecular formula is C15H20N4O3S3. The Kier molecular flexibility index (Phi) is 7.36. The molecule has 1 aromatic heterocycles. The van der Waals surface area contributed by atoms with Gasteiger partial charge in [-0.2, -0.15) is 11.8 Å². The van der Waals surface area contributed by atoms with Gasteiger partial charge < -0.3 is 5.32 Å². The third-order valence-corrected chi connectivity index (χ3v) is 6.94. The van der Waals surface area contributed by atoms with Crippen molar-refractivity contribution in [2.45, 2.75) is 30.4 Å². The SMILES string of the molecule is CCC(=O)Nc1nnc(S(=O)(=O)NCCSCc2ccccc2C)s1. The summed E-state index contributed by atoms with van der Waals surface area (Å²) in [5, 5.41) is 9.98. The molecule has 0 saturated heterocycles. The number of rotatable bonds is 9. The predicted octanol–water partition coefficient (Wildman–Crippen LogP) is 2.41. The molecule has 10 heteroatoms. The fourth-order valence-corrected chi connectivity index (χ4v) is 4.89. The minimum absolute atomic E-state index is 0.150. The number of nitrogens with zero attached hydrogens (tertiary/aromatic N) is 2. The van der Waals surface area contributed by atoms with Crippen LogP contribution in [0.25, 0.3) is 0 Å². The first-order valence-corrected chi connectivity index (χ1v) is 11.1. The summed E-state index contributed by atoms with van der Waals surface area (Å²) in [7, 11) is -3.70. The summed E-state index contributed by atoms with van der Waals surface area (Å²) in [5.74, 6) is 1.24. The van der Waals surface area contributed by atoms with Gasteiger partial charge in [-0.15, -0.1) is 10.2 Å². The number of anilines is 1. The molecule has 0 atom stereocenters. The molecule has 2 rings (SSSR count). The number of benzene rings is 1. The summed E-state index contributed by atoms with van der Waals surface area (Å²) in [6, 6.07) is 8.12. The van der Waals surface area contributed by atoms with Crippen molar-refractivity contribution in [1.82, 2.24) is 14.9 Å². The number of amides is 1. The second kappa shape index (κ2) is 9.27. The van der Waals surface area contributed by atoms with Crippen LogP contribution in [0, 0.1) is 6.92 Å². The fraction of sp³-hybridized carbons (Fsp3) is 0.400. The molecule has 0 fully saturated rings. The average molecular weight is 401 g/mol. The largest absolute Gasteiger partial charge is 0.301 e. The van der Waals surface area contributed by atoms with Crippen LogP contribution in [-0.4, -0.2) is 36.8 Å². The molecule has 0 saturated carbocycles. The van der Waals surface area contributed by atoms with Crippen LogP contribution in [0.2, 0.25) is 0 Å². The number of hydrogen-bond donors (Lipinski definition) is 2. The quantitative estimate of drug-likeness (QED) is 0.495. The number of aromatic nitrogens is 2. The number of thioether (sulfide) groups is 1. The Morgan fingerprint density at radius 1 is 1.28 bits per heavy atom. The smallest absolute Gasteiger partial charge is 0.269 e. The maximum absolute atomic E-state index is 12.2. The molecule has 0 aliphatic carbocycles. The molecule has 1 amide bonds. The van der Waals surface area contributed by atoms with Gasteiger partial charge in [-0.05, 0) is 18.1 Å². The molecule has 25 heavy (non-hydrogen) atoms. The third kappa shape index (κ3) is 6.07. The van der Waals surface area contributed by atoms with Crippen molar-refractivity contribution < 1.29 is 13.2 Å². The molecule has 0 aliphatic heterocycles. The minimum atomic E-state index is -3.70. The Bertz CT molecular complexity index is 821. The Balaban J connectivity index is 1.79. The van der Waals surface area contributed by atoms with Crippen LogP contribution in [0.1, 0.15) is 24.5 Å². The summed E-state index contributed by atoms with van der Waals surface area (Å²) in [4.78, 5) is 11.3. The van der Waals surface area contributed by atoms with Gasteiger partial charge in [0.05, 0.1) is 0 Å². The normalized spacial score (nSPS) is 11.4. The summed E-state index contributed by atoms with van der Waals surface area (Å²) < 4.78 is 26.7. The Morgan fingerprint density at radius 2 is 2.04 bits per heavy atom. The lowest BCUT2D eigenvalue weighted by Gasteiger charge is -2.06. The highest BCUT2D eigenvalue weighted by atomic mass is 32.2. The second-order valence-corrected chi connectivity index (χ2v) is 9.18. The van der Waals surface area contributed by atoms with Gasteiger partial charge in [0, 0.05) is 24.5 Å². The molecule has 0 bridgehead atoms. The standard InChI is InChI=1S/C15H20N4O3S3/c1-3-13(20)17-14-18-19-15(24-14)25(21,22)16-8-9-23-10-12-7-5-4-6-11(12)2/h4-7,16H,3,8-10H2,1-2H3,(H,17,18,20). The van der Waals surface area contributed by atoms with E-state index in [9.17, 15) is 13.2 Å². The topological polar surface area (TPSA) is 101 Å². The highest BCUT2D eigenvalue weighted by Crippen LogP contribution is 2.20. The molecule has 1 aromatic carbocycles. The predicted molar refractivity (Wildman–Crippen MR) is 101 cm³/mol. The lowest BCUT2D eigenvalue weighted by Crippen LogP contribution is -2.26. The van der Waals surface area contributed by atoms with Gasteiger partial charge in [0.25, 0.3) is 10.0 Å². The van der Waals surface area contributed by atoms with Crippen LogP contribution in [-0.2, 0) is 20.6 Å². The molecule has 7 nitrogen and oxygen atoms in total.